The molecule has 0 saturated carbocycles. The molecule has 4 heterocycles. The molecule has 0 unspecified atom stereocenters. The van der Waals surface area contributed by atoms with Crippen molar-refractivity contribution in [3.8, 4) is 11.4 Å². The summed E-state index contributed by atoms with van der Waals surface area (Å²) >= 11 is 7.18. The highest BCUT2D eigenvalue weighted by atomic mass is 79.9. The lowest BCUT2D eigenvalue weighted by molar-refractivity contribution is 0.242. The first-order valence-corrected chi connectivity index (χ1v) is 9.55. The Hall–Kier alpha value is -1.70. The molecule has 0 atom stereocenters. The van der Waals surface area contributed by atoms with Gasteiger partial charge in [-0.15, -0.1) is 0 Å². The topological polar surface area (TPSA) is 54.8 Å². The van der Waals surface area contributed by atoms with Crippen LogP contribution in [0.2, 0.25) is 0 Å². The van der Waals surface area contributed by atoms with Crippen molar-refractivity contribution in [3.05, 3.63) is 68.9 Å². The normalized spacial score (nSPS) is 14.3. The minimum atomic E-state index is 0.750. The Bertz CT molecular complexity index is 881. The molecule has 1 aliphatic heterocycles. The van der Waals surface area contributed by atoms with Crippen LogP contribution in [0.15, 0.2) is 52.1 Å². The second-order valence-corrected chi connectivity index (χ2v) is 7.66. The van der Waals surface area contributed by atoms with Crippen molar-refractivity contribution in [3.63, 3.8) is 0 Å². The monoisotopic (exact) mass is 459 g/mol. The number of aromatic nitrogens is 4. The lowest BCUT2D eigenvalue weighted by Crippen LogP contribution is -2.31. The van der Waals surface area contributed by atoms with Gasteiger partial charge in [0.25, 0.3) is 0 Å². The van der Waals surface area contributed by atoms with Gasteiger partial charge in [-0.1, -0.05) is 0 Å². The van der Waals surface area contributed by atoms with E-state index in [1.165, 1.54) is 11.1 Å². The molecule has 126 valence electrons. The van der Waals surface area contributed by atoms with Gasteiger partial charge in [0.2, 0.25) is 0 Å². The Morgan fingerprint density at radius 1 is 1.04 bits per heavy atom. The van der Waals surface area contributed by atoms with Gasteiger partial charge in [0.1, 0.15) is 0 Å². The zero-order valence-electron chi connectivity index (χ0n) is 13.4. The van der Waals surface area contributed by atoms with E-state index in [1.807, 2.05) is 30.7 Å². The molecule has 3 aromatic heterocycles. The zero-order chi connectivity index (χ0) is 17.2. The Labute approximate surface area is 162 Å². The highest BCUT2D eigenvalue weighted by Gasteiger charge is 2.20. The van der Waals surface area contributed by atoms with Crippen molar-refractivity contribution in [1.29, 1.82) is 0 Å². The van der Waals surface area contributed by atoms with Crippen LogP contribution in [0.1, 0.15) is 16.8 Å². The fraction of sp³-hybridized carbons (Fsp3) is 0.222. The number of halogens is 2. The predicted octanol–water partition coefficient (Wildman–Crippen LogP) is 4.02. The lowest BCUT2D eigenvalue weighted by atomic mass is 10.1. The summed E-state index contributed by atoms with van der Waals surface area (Å²) in [5.41, 5.74) is 4.50. The van der Waals surface area contributed by atoms with E-state index in [9.17, 15) is 0 Å². The number of pyridine rings is 2. The van der Waals surface area contributed by atoms with Crippen LogP contribution >= 0.6 is 31.9 Å². The maximum Gasteiger partial charge on any atom is 0.160 e. The van der Waals surface area contributed by atoms with Gasteiger partial charge >= 0.3 is 0 Å². The largest absolute Gasteiger partial charge is 0.294 e. The molecule has 5 nitrogen and oxygen atoms in total. The number of rotatable bonds is 3. The highest BCUT2D eigenvalue weighted by Crippen LogP contribution is 2.28. The molecule has 1 aliphatic rings. The summed E-state index contributed by atoms with van der Waals surface area (Å²) in [6.07, 6.45) is 10.1. The van der Waals surface area contributed by atoms with Crippen LogP contribution in [0.3, 0.4) is 0 Å². The first-order chi connectivity index (χ1) is 12.2. The van der Waals surface area contributed by atoms with Gasteiger partial charge in [-0.05, 0) is 49.6 Å². The van der Waals surface area contributed by atoms with Gasteiger partial charge in [-0.2, -0.15) is 0 Å². The van der Waals surface area contributed by atoms with E-state index < -0.39 is 0 Å². The SMILES string of the molecule is Brc1cncc(Br)c1CN1CCc2nc(-c3cccnc3)ncc2C1. The molecule has 0 aromatic carbocycles. The van der Waals surface area contributed by atoms with Crippen LogP contribution in [0.25, 0.3) is 11.4 Å². The molecular weight excluding hydrogens is 446 g/mol. The summed E-state index contributed by atoms with van der Waals surface area (Å²) in [4.78, 5) is 20.0. The van der Waals surface area contributed by atoms with E-state index in [0.717, 1.165) is 52.1 Å². The number of hydrogen-bond donors (Lipinski definition) is 0. The number of hydrogen-bond acceptors (Lipinski definition) is 5. The van der Waals surface area contributed by atoms with E-state index in [0.29, 0.717) is 0 Å². The fourth-order valence-electron chi connectivity index (χ4n) is 2.96. The molecule has 25 heavy (non-hydrogen) atoms. The van der Waals surface area contributed by atoms with E-state index >= 15 is 0 Å². The molecule has 4 rings (SSSR count). The molecule has 0 radical (unpaired) electrons. The Morgan fingerprint density at radius 3 is 2.64 bits per heavy atom. The van der Waals surface area contributed by atoms with Crippen LogP contribution < -0.4 is 0 Å². The number of fused-ring (bicyclic) bond motifs is 1. The first kappa shape index (κ1) is 16.8. The molecule has 0 amide bonds. The third-order valence-electron chi connectivity index (χ3n) is 4.27. The van der Waals surface area contributed by atoms with Crippen molar-refractivity contribution >= 4 is 31.9 Å². The second kappa shape index (κ2) is 7.27. The van der Waals surface area contributed by atoms with Crippen LogP contribution in [0.5, 0.6) is 0 Å². The van der Waals surface area contributed by atoms with Crippen LogP contribution in [0.4, 0.5) is 0 Å². The molecule has 0 bridgehead atoms. The van der Waals surface area contributed by atoms with Crippen LogP contribution in [0, 0.1) is 0 Å². The summed E-state index contributed by atoms with van der Waals surface area (Å²) in [5, 5.41) is 0. The summed E-state index contributed by atoms with van der Waals surface area (Å²) < 4.78 is 2.05. The first-order valence-electron chi connectivity index (χ1n) is 7.96. The van der Waals surface area contributed by atoms with Crippen molar-refractivity contribution in [1.82, 2.24) is 24.8 Å². The van der Waals surface area contributed by atoms with Crippen molar-refractivity contribution < 1.29 is 0 Å². The minimum absolute atomic E-state index is 0.750. The summed E-state index contributed by atoms with van der Waals surface area (Å²) in [7, 11) is 0. The average molecular weight is 461 g/mol. The summed E-state index contributed by atoms with van der Waals surface area (Å²) in [5.74, 6) is 0.750. The highest BCUT2D eigenvalue weighted by molar-refractivity contribution is 9.11. The number of nitrogens with zero attached hydrogens (tertiary/aromatic N) is 5. The fourth-order valence-corrected chi connectivity index (χ4v) is 4.14. The molecular formula is C18H15Br2N5. The van der Waals surface area contributed by atoms with Gasteiger partial charge < -0.3 is 0 Å². The van der Waals surface area contributed by atoms with Gasteiger partial charge in [-0.3, -0.25) is 14.9 Å². The van der Waals surface area contributed by atoms with Gasteiger partial charge in [0.05, 0.1) is 5.69 Å². The molecule has 7 heteroatoms. The molecule has 0 saturated heterocycles. The Kier molecular flexibility index (Phi) is 4.87. The molecule has 0 fully saturated rings. The quantitative estimate of drug-likeness (QED) is 0.590. The molecule has 0 spiro atoms. The van der Waals surface area contributed by atoms with Crippen molar-refractivity contribution in [2.45, 2.75) is 19.5 Å². The van der Waals surface area contributed by atoms with Crippen LogP contribution in [-0.4, -0.2) is 31.4 Å². The van der Waals surface area contributed by atoms with Gasteiger partial charge in [0, 0.05) is 77.1 Å². The van der Waals surface area contributed by atoms with E-state index in [1.54, 1.807) is 12.4 Å². The Balaban J connectivity index is 1.54. The molecule has 3 aromatic rings. The predicted molar refractivity (Wildman–Crippen MR) is 103 cm³/mol. The van der Waals surface area contributed by atoms with Crippen LogP contribution in [-0.2, 0) is 19.5 Å². The maximum absolute atomic E-state index is 4.75. The van der Waals surface area contributed by atoms with Gasteiger partial charge in [-0.25, -0.2) is 9.97 Å². The standard InChI is InChI=1S/C18H15Br2N5/c19-15-8-22-9-16(20)14(15)11-25-5-3-17-13(10-25)7-23-18(24-17)12-2-1-4-21-6-12/h1-2,4,6-9H,3,5,10-11H2. The zero-order valence-corrected chi connectivity index (χ0v) is 16.5. The third-order valence-corrected chi connectivity index (χ3v) is 5.63. The summed E-state index contributed by atoms with van der Waals surface area (Å²) in [6.45, 7) is 2.68. The minimum Gasteiger partial charge on any atom is -0.294 e. The third kappa shape index (κ3) is 3.63. The Morgan fingerprint density at radius 2 is 1.88 bits per heavy atom. The lowest BCUT2D eigenvalue weighted by Gasteiger charge is -2.28. The van der Waals surface area contributed by atoms with E-state index in [2.05, 4.69) is 51.7 Å². The maximum atomic E-state index is 4.75. The smallest absolute Gasteiger partial charge is 0.160 e. The average Bonchev–Trinajstić information content (AvgIpc) is 2.65. The van der Waals surface area contributed by atoms with E-state index in [4.69, 9.17) is 4.98 Å². The molecule has 0 N–H and O–H groups in total. The summed E-state index contributed by atoms with van der Waals surface area (Å²) in [6, 6.07) is 3.90. The molecule has 0 aliphatic carbocycles. The van der Waals surface area contributed by atoms with E-state index in [-0.39, 0.29) is 0 Å². The second-order valence-electron chi connectivity index (χ2n) is 5.95. The van der Waals surface area contributed by atoms with Crippen molar-refractivity contribution in [2.24, 2.45) is 0 Å². The van der Waals surface area contributed by atoms with Crippen molar-refractivity contribution in [2.75, 3.05) is 6.54 Å². The van der Waals surface area contributed by atoms with Gasteiger partial charge in [0.15, 0.2) is 5.82 Å².